The van der Waals surface area contributed by atoms with Crippen LogP contribution in [0.15, 0.2) is 21.1 Å². The Morgan fingerprint density at radius 3 is 1.24 bits per heavy atom. The Morgan fingerprint density at radius 2 is 0.833 bits per heavy atom. The minimum atomic E-state index is -4.06. The van der Waals surface area contributed by atoms with Gasteiger partial charge in [-0.05, 0) is 90.1 Å². The van der Waals surface area contributed by atoms with Crippen LogP contribution in [0.5, 0.6) is 0 Å². The molecule has 96 heavy (non-hydrogen) atoms. The van der Waals surface area contributed by atoms with Gasteiger partial charge in [0, 0.05) is 51.4 Å². The highest BCUT2D eigenvalue weighted by atomic mass is 32.3. The fourth-order valence-corrected chi connectivity index (χ4v) is 11.5. The van der Waals surface area contributed by atoms with Gasteiger partial charge >= 0.3 is 23.9 Å². The number of nitrogens with one attached hydrogen (secondary N) is 9. The van der Waals surface area contributed by atoms with Gasteiger partial charge in [-0.1, -0.05) is 59.3 Å². The molecule has 0 bridgehead atoms. The zero-order valence-electron chi connectivity index (χ0n) is 52.3. The van der Waals surface area contributed by atoms with Gasteiger partial charge in [-0.2, -0.15) is 0 Å². The molecule has 4 rings (SSSR count). The van der Waals surface area contributed by atoms with E-state index in [1.807, 2.05) is 6.92 Å². The zero-order valence-corrected chi connectivity index (χ0v) is 55.6. The van der Waals surface area contributed by atoms with E-state index in [2.05, 4.69) is 88.9 Å². The van der Waals surface area contributed by atoms with Crippen LogP contribution in [0.1, 0.15) is 140 Å². The maximum atomic E-state index is 13.7. The number of carboxylic acid groups (broad SMARTS) is 4. The lowest BCUT2D eigenvalue weighted by molar-refractivity contribution is -0.143. The fraction of sp³-hybridized carbons (Fsp3) is 0.635. The van der Waals surface area contributed by atoms with Gasteiger partial charge in [0.05, 0.1) is 49.2 Å². The van der Waals surface area contributed by atoms with Crippen molar-refractivity contribution in [1.29, 1.82) is 0 Å². The molecule has 0 aliphatic carbocycles. The van der Waals surface area contributed by atoms with Crippen LogP contribution in [-0.2, 0) is 98.7 Å². The van der Waals surface area contributed by atoms with E-state index in [0.29, 0.717) is 124 Å². The van der Waals surface area contributed by atoms with Crippen LogP contribution in [0.2, 0.25) is 0 Å². The highest BCUT2D eigenvalue weighted by Gasteiger charge is 2.33. The number of carbonyl (C=O) groups is 11. The monoisotopic (exact) mass is 1430 g/mol. The number of aliphatic carboxylic acids is 4. The third kappa shape index (κ3) is 31.7. The summed E-state index contributed by atoms with van der Waals surface area (Å²) < 4.78 is 47.9. The number of carboxylic acids is 4. The first kappa shape index (κ1) is 79.7. The van der Waals surface area contributed by atoms with Gasteiger partial charge in [0.25, 0.3) is 20.0 Å². The summed E-state index contributed by atoms with van der Waals surface area (Å²) in [5, 5.41) is 102. The predicted molar refractivity (Wildman–Crippen MR) is 337 cm³/mol. The quantitative estimate of drug-likeness (QED) is 0.0158. The smallest absolute Gasteiger partial charge is 0.305 e. The summed E-state index contributed by atoms with van der Waals surface area (Å²) in [5.74, 6) is -11.2. The molecule has 0 saturated carbocycles. The first-order chi connectivity index (χ1) is 45.5. The number of primary sulfonamides is 2. The first-order valence-corrected chi connectivity index (χ1v) is 35.1. The second-order valence-electron chi connectivity index (χ2n) is 21.7. The number of unbranched alkanes of at least 4 members (excludes halogenated alkanes) is 6. The largest absolute Gasteiger partial charge is 0.481 e. The SMILES string of the molecule is CCCCNC(=O)[C@H](CCCCNC(=O)[C@H](CC(=O)O)NC(=O)[C@H](CC(=O)O)NCCCCCn1cc(CCCC(=O)Nc2nnc(S(N)(=O)=O)s2)nn1)NC(=O)[C@H](CC(=O)O)NC(=O)[C@H](CC(=O)O)NCCCCCn1cc(CCCC(=O)Nc2nnc(S(N)(=O)=O)s2)nn1. The highest BCUT2D eigenvalue weighted by Crippen LogP contribution is 2.20. The van der Waals surface area contributed by atoms with Gasteiger partial charge in [0.1, 0.15) is 18.1 Å². The van der Waals surface area contributed by atoms with E-state index in [-0.39, 0.29) is 68.5 Å². The molecule has 0 spiro atoms. The van der Waals surface area contributed by atoms with Crippen molar-refractivity contribution in [3.05, 3.63) is 23.8 Å². The van der Waals surface area contributed by atoms with Gasteiger partial charge < -0.3 is 68.3 Å². The molecule has 0 radical (unpaired) electrons. The van der Waals surface area contributed by atoms with Crippen molar-refractivity contribution < 1.29 is 90.0 Å². The van der Waals surface area contributed by atoms with Crippen molar-refractivity contribution in [3.63, 3.8) is 0 Å². The number of hydrogen-bond acceptors (Lipinski definition) is 27. The van der Waals surface area contributed by atoms with Crippen LogP contribution in [0.25, 0.3) is 0 Å². The highest BCUT2D eigenvalue weighted by molar-refractivity contribution is 7.91. The molecule has 7 amide bonds. The Morgan fingerprint density at radius 1 is 0.458 bits per heavy atom. The number of carbonyl (C=O) groups excluding carboxylic acids is 7. The van der Waals surface area contributed by atoms with E-state index in [4.69, 9.17) is 10.3 Å². The summed E-state index contributed by atoms with van der Waals surface area (Å²) in [6, 6.07) is -7.51. The number of aryl methyl sites for hydroxylation is 4. The van der Waals surface area contributed by atoms with E-state index < -0.39 is 150 Å². The van der Waals surface area contributed by atoms with E-state index in [0.717, 1.165) is 0 Å². The van der Waals surface area contributed by atoms with E-state index >= 15 is 0 Å². The predicted octanol–water partition coefficient (Wildman–Crippen LogP) is -2.70. The standard InChI is InChI=1S/C52H81N21O19S4/c1-2-3-19-57-44(84)33(59-48(88)37(28-43(82)83)61-47(87)35(26-41(78)79)56-21-8-5-11-24-73-30-32(65-71-73)15-13-18-39(75)63-50-67-69-52(94-50)96(54,91)92)16-6-9-22-58-45(85)36(27-42(80)81)60-46(86)34(25-40(76)77)55-20-7-4-10-23-72-29-31(64-70-72)14-12-17-38(74)62-49-66-68-51(93-49)95(53,89)90/h29-30,33-37,55-56H,2-28H2,1H3,(H,57,84)(H,58,85)(H,59,88)(H,60,86)(H,61,87)(H,76,77)(H,78,79)(H,80,81)(H,82,83)(H2,53,89,90)(H2,54,91,92)(H,62,66,74)(H,63,67,75)/t33-,34-,35-,36-,37-/m0/s1. The number of aromatic nitrogens is 10. The number of rotatable bonds is 50. The molecule has 0 saturated heterocycles. The van der Waals surface area contributed by atoms with Gasteiger partial charge in [0.2, 0.25) is 60.3 Å². The number of nitrogens with two attached hydrogens (primary N) is 2. The summed E-state index contributed by atoms with van der Waals surface area (Å²) in [6.45, 7) is 3.14. The lowest BCUT2D eigenvalue weighted by atomic mass is 10.1. The van der Waals surface area contributed by atoms with Gasteiger partial charge in [-0.25, -0.2) is 27.1 Å². The van der Waals surface area contributed by atoms with Crippen molar-refractivity contribution in [2.75, 3.05) is 36.8 Å². The zero-order chi connectivity index (χ0) is 70.8. The van der Waals surface area contributed by atoms with Crippen LogP contribution in [0.4, 0.5) is 10.3 Å². The molecule has 40 nitrogen and oxygen atoms in total. The third-order valence-corrected chi connectivity index (χ3v) is 17.9. The Hall–Kier alpha value is -8.69. The summed E-state index contributed by atoms with van der Waals surface area (Å²) in [7, 11) is -8.12. The van der Waals surface area contributed by atoms with Crippen molar-refractivity contribution in [2.45, 2.75) is 194 Å². The average Bonchev–Trinajstić information content (AvgIpc) is 2.00. The Kier molecular flexibility index (Phi) is 34.3. The summed E-state index contributed by atoms with van der Waals surface area (Å²) in [5.41, 5.74) is 1.22. The Balaban J connectivity index is 1.20. The van der Waals surface area contributed by atoms with Crippen LogP contribution in [-0.4, -0.2) is 209 Å². The Bertz CT molecular complexity index is 3490. The number of nitrogens with zero attached hydrogens (tertiary/aromatic N) is 10. The molecule has 0 aliphatic rings. The maximum absolute atomic E-state index is 13.7. The maximum Gasteiger partial charge on any atom is 0.305 e. The molecule has 532 valence electrons. The van der Waals surface area contributed by atoms with E-state index in [1.165, 1.54) is 0 Å². The molecule has 44 heteroatoms. The van der Waals surface area contributed by atoms with Crippen LogP contribution in [0.3, 0.4) is 0 Å². The third-order valence-electron chi connectivity index (χ3n) is 13.6. The normalized spacial score (nSPS) is 13.1. The molecular formula is C52H81N21O19S4. The van der Waals surface area contributed by atoms with Crippen molar-refractivity contribution in [3.8, 4) is 0 Å². The van der Waals surface area contributed by atoms with Crippen LogP contribution < -0.4 is 58.1 Å². The van der Waals surface area contributed by atoms with Gasteiger partial charge in [0.15, 0.2) is 0 Å². The molecular weight excluding hydrogens is 1350 g/mol. The van der Waals surface area contributed by atoms with Crippen LogP contribution in [0, 0.1) is 0 Å². The van der Waals surface area contributed by atoms with Crippen molar-refractivity contribution >= 4 is 118 Å². The second kappa shape index (κ2) is 41.3. The molecule has 0 unspecified atom stereocenters. The summed E-state index contributed by atoms with van der Waals surface area (Å²) >= 11 is 1.23. The number of amides is 7. The molecule has 17 N–H and O–H groups in total. The molecule has 4 aromatic heterocycles. The molecule has 4 aromatic rings. The number of hydrogen-bond donors (Lipinski definition) is 15. The van der Waals surface area contributed by atoms with Gasteiger partial charge in [-0.15, -0.1) is 30.6 Å². The summed E-state index contributed by atoms with van der Waals surface area (Å²) in [4.78, 5) is 139. The topological polar surface area (TPSA) is 610 Å². The molecule has 0 aliphatic heterocycles. The average molecular weight is 1430 g/mol. The Labute approximate surface area is 557 Å². The second-order valence-corrected chi connectivity index (χ2v) is 27.2. The number of anilines is 2. The molecule has 0 aromatic carbocycles. The first-order valence-electron chi connectivity index (χ1n) is 30.4. The fourth-order valence-electron chi connectivity index (χ4n) is 8.84. The molecule has 5 atom stereocenters. The minimum absolute atomic E-state index is 0.0169. The lowest BCUT2D eigenvalue weighted by Gasteiger charge is -2.24. The van der Waals surface area contributed by atoms with E-state index in [1.54, 1.807) is 21.8 Å². The van der Waals surface area contributed by atoms with Gasteiger partial charge in [-0.3, -0.25) is 62.1 Å². The van der Waals surface area contributed by atoms with Crippen molar-refractivity contribution in [2.24, 2.45) is 10.3 Å². The summed E-state index contributed by atoms with van der Waals surface area (Å²) in [6.07, 6.45) is 6.53. The molecule has 0 fully saturated rings. The minimum Gasteiger partial charge on any atom is -0.481 e. The molecule has 4 heterocycles. The van der Waals surface area contributed by atoms with Crippen molar-refractivity contribution in [1.82, 2.24) is 87.6 Å². The van der Waals surface area contributed by atoms with E-state index in [9.17, 15) is 90.0 Å². The van der Waals surface area contributed by atoms with Crippen LogP contribution >= 0.6 is 22.7 Å². The lowest BCUT2D eigenvalue weighted by Crippen LogP contribution is -2.57. The number of sulfonamides is 2.